The van der Waals surface area contributed by atoms with Crippen molar-refractivity contribution in [1.29, 1.82) is 0 Å². The van der Waals surface area contributed by atoms with E-state index in [0.717, 1.165) is 17.1 Å². The summed E-state index contributed by atoms with van der Waals surface area (Å²) in [5.41, 5.74) is 1.78. The van der Waals surface area contributed by atoms with Gasteiger partial charge in [0.15, 0.2) is 0 Å². The Morgan fingerprint density at radius 1 is 1.06 bits per heavy atom. The summed E-state index contributed by atoms with van der Waals surface area (Å²) in [6.45, 7) is 0. The van der Waals surface area contributed by atoms with Gasteiger partial charge in [-0.15, -0.1) is 0 Å². The van der Waals surface area contributed by atoms with E-state index in [0.29, 0.717) is 12.8 Å². The number of carbonyl (C=O) groups excluding carboxylic acids is 3. The minimum atomic E-state index is -4.67. The van der Waals surface area contributed by atoms with Crippen LogP contribution in [-0.2, 0) is 15.8 Å². The number of anilines is 2. The van der Waals surface area contributed by atoms with Crippen LogP contribution in [0.15, 0.2) is 54.6 Å². The third-order valence-corrected chi connectivity index (χ3v) is 5.75. The molecular weight excluding hydrogens is 447 g/mol. The van der Waals surface area contributed by atoms with E-state index in [1.807, 2.05) is 12.2 Å². The summed E-state index contributed by atoms with van der Waals surface area (Å²) < 4.78 is 39.2. The Bertz CT molecular complexity index is 1130. The predicted octanol–water partition coefficient (Wildman–Crippen LogP) is 4.57. The first-order chi connectivity index (χ1) is 15.1. The van der Waals surface area contributed by atoms with E-state index in [2.05, 4.69) is 10.7 Å². The molecule has 2 atom stereocenters. The lowest BCUT2D eigenvalue weighted by Crippen LogP contribution is -2.59. The summed E-state index contributed by atoms with van der Waals surface area (Å²) in [6, 6.07) is 8.94. The lowest BCUT2D eigenvalue weighted by molar-refractivity contribution is -0.140. The van der Waals surface area contributed by atoms with E-state index >= 15 is 0 Å². The summed E-state index contributed by atoms with van der Waals surface area (Å²) in [7, 11) is 0. The molecule has 166 valence electrons. The maximum absolute atomic E-state index is 13.1. The van der Waals surface area contributed by atoms with Gasteiger partial charge < -0.3 is 5.32 Å². The highest BCUT2D eigenvalue weighted by atomic mass is 35.5. The Labute approximate surface area is 186 Å². The third kappa shape index (κ3) is 4.20. The molecule has 2 unspecified atom stereocenters. The maximum Gasteiger partial charge on any atom is 0.417 e. The molecule has 0 aromatic heterocycles. The monoisotopic (exact) mass is 463 g/mol. The fraction of sp³-hybridized carbons (Fsp3) is 0.227. The average Bonchev–Trinajstić information content (AvgIpc) is 2.77. The van der Waals surface area contributed by atoms with E-state index in [1.165, 1.54) is 24.3 Å². The fourth-order valence-corrected chi connectivity index (χ4v) is 4.02. The van der Waals surface area contributed by atoms with Gasteiger partial charge in [0.25, 0.3) is 5.91 Å². The molecule has 1 aliphatic carbocycles. The van der Waals surface area contributed by atoms with Crippen molar-refractivity contribution in [3.63, 3.8) is 0 Å². The van der Waals surface area contributed by atoms with Crippen molar-refractivity contribution >= 4 is 40.7 Å². The highest BCUT2D eigenvalue weighted by Crippen LogP contribution is 2.36. The molecule has 10 heteroatoms. The van der Waals surface area contributed by atoms with E-state index in [1.54, 1.807) is 6.07 Å². The van der Waals surface area contributed by atoms with Gasteiger partial charge in [-0.1, -0.05) is 29.8 Å². The van der Waals surface area contributed by atoms with Crippen molar-refractivity contribution in [2.45, 2.75) is 19.0 Å². The zero-order chi connectivity index (χ0) is 23.0. The van der Waals surface area contributed by atoms with Crippen molar-refractivity contribution in [3.05, 3.63) is 70.8 Å². The first-order valence-electron chi connectivity index (χ1n) is 9.73. The minimum Gasteiger partial charge on any atom is -0.322 e. The normalized spacial score (nSPS) is 20.6. The number of hydrogen-bond acceptors (Lipinski definition) is 3. The molecule has 2 aromatic carbocycles. The summed E-state index contributed by atoms with van der Waals surface area (Å²) in [4.78, 5) is 38.0. The second-order valence-corrected chi connectivity index (χ2v) is 7.91. The van der Waals surface area contributed by atoms with E-state index in [9.17, 15) is 27.6 Å². The number of hydrazine groups is 1. The molecule has 0 bridgehead atoms. The first kappa shape index (κ1) is 21.9. The van der Waals surface area contributed by atoms with Crippen LogP contribution >= 0.6 is 11.6 Å². The van der Waals surface area contributed by atoms with E-state index < -0.39 is 34.5 Å². The Morgan fingerprint density at radius 2 is 1.78 bits per heavy atom. The van der Waals surface area contributed by atoms with Gasteiger partial charge in [-0.3, -0.25) is 19.8 Å². The predicted molar refractivity (Wildman–Crippen MR) is 112 cm³/mol. The lowest BCUT2D eigenvalue weighted by atomic mass is 9.80. The maximum atomic E-state index is 13.1. The summed E-state index contributed by atoms with van der Waals surface area (Å²) >= 11 is 5.61. The number of nitrogens with one attached hydrogen (secondary N) is 2. The van der Waals surface area contributed by atoms with Crippen molar-refractivity contribution < 1.29 is 27.6 Å². The van der Waals surface area contributed by atoms with Gasteiger partial charge in [0.1, 0.15) is 0 Å². The number of amides is 3. The Morgan fingerprint density at radius 3 is 2.50 bits per heavy atom. The molecule has 0 spiro atoms. The van der Waals surface area contributed by atoms with Gasteiger partial charge in [-0.25, -0.2) is 5.01 Å². The summed E-state index contributed by atoms with van der Waals surface area (Å²) in [5.74, 6) is -2.17. The molecular formula is C22H17ClF3N3O3. The van der Waals surface area contributed by atoms with Crippen LogP contribution in [0, 0.1) is 11.8 Å². The molecule has 2 aromatic rings. The van der Waals surface area contributed by atoms with E-state index in [4.69, 9.17) is 11.6 Å². The Kier molecular flexibility index (Phi) is 5.68. The standard InChI is InChI=1S/C22H17ClF3N3O3/c23-18-9-8-13(11-17(18)22(24,25)26)27-19(30)12-4-3-5-14(10-12)29-21(32)16-7-2-1-6-15(16)20(31)28-29/h1-5,8-11,15-16H,6-7H2,(H,27,30)(H,28,31). The van der Waals surface area contributed by atoms with Gasteiger partial charge >= 0.3 is 6.18 Å². The Balaban J connectivity index is 1.56. The number of hydrogen-bond donors (Lipinski definition) is 2. The van der Waals surface area contributed by atoms with Crippen LogP contribution in [0.3, 0.4) is 0 Å². The molecule has 0 saturated carbocycles. The van der Waals surface area contributed by atoms with Gasteiger partial charge in [-0.05, 0) is 49.2 Å². The molecule has 32 heavy (non-hydrogen) atoms. The van der Waals surface area contributed by atoms with Crippen LogP contribution in [-0.4, -0.2) is 17.7 Å². The number of fused-ring (bicyclic) bond motifs is 1. The largest absolute Gasteiger partial charge is 0.417 e. The van der Waals surface area contributed by atoms with Gasteiger partial charge in [0, 0.05) is 11.3 Å². The third-order valence-electron chi connectivity index (χ3n) is 5.42. The number of allylic oxidation sites excluding steroid dienone is 2. The second-order valence-electron chi connectivity index (χ2n) is 7.50. The fourth-order valence-electron chi connectivity index (χ4n) is 3.79. The molecule has 1 saturated heterocycles. The molecule has 1 heterocycles. The highest BCUT2D eigenvalue weighted by molar-refractivity contribution is 6.31. The number of benzene rings is 2. The molecule has 1 fully saturated rings. The molecule has 2 aliphatic rings. The number of alkyl halides is 3. The zero-order valence-electron chi connectivity index (χ0n) is 16.4. The van der Waals surface area contributed by atoms with Gasteiger partial charge in [-0.2, -0.15) is 13.2 Å². The molecule has 6 nitrogen and oxygen atoms in total. The van der Waals surface area contributed by atoms with Crippen molar-refractivity contribution in [2.24, 2.45) is 11.8 Å². The number of halogens is 4. The molecule has 0 radical (unpaired) electrons. The second kappa shape index (κ2) is 8.31. The van der Waals surface area contributed by atoms with Crippen LogP contribution in [0.4, 0.5) is 24.5 Å². The Hall–Kier alpha value is -3.33. The highest BCUT2D eigenvalue weighted by Gasteiger charge is 2.42. The van der Waals surface area contributed by atoms with Crippen molar-refractivity contribution in [1.82, 2.24) is 5.43 Å². The molecule has 2 N–H and O–H groups in total. The average molecular weight is 464 g/mol. The van der Waals surface area contributed by atoms with Crippen molar-refractivity contribution in [2.75, 3.05) is 10.3 Å². The van der Waals surface area contributed by atoms with Crippen molar-refractivity contribution in [3.8, 4) is 0 Å². The van der Waals surface area contributed by atoms with Crippen LogP contribution in [0.2, 0.25) is 5.02 Å². The van der Waals surface area contributed by atoms with E-state index in [-0.39, 0.29) is 28.8 Å². The SMILES string of the molecule is O=C(Nc1ccc(Cl)c(C(F)(F)F)c1)c1cccc(N2NC(=O)C3CC=CCC3C2=O)c1. The van der Waals surface area contributed by atoms with Crippen LogP contribution in [0.5, 0.6) is 0 Å². The first-order valence-corrected chi connectivity index (χ1v) is 10.1. The molecule has 3 amide bonds. The quantitative estimate of drug-likeness (QED) is 0.654. The summed E-state index contributed by atoms with van der Waals surface area (Å²) in [6.07, 6.45) is -0.00138. The number of rotatable bonds is 3. The number of carbonyl (C=O) groups is 3. The van der Waals surface area contributed by atoms with Crippen LogP contribution in [0.25, 0.3) is 0 Å². The van der Waals surface area contributed by atoms with Gasteiger partial charge in [0.2, 0.25) is 11.8 Å². The summed E-state index contributed by atoms with van der Waals surface area (Å²) in [5, 5.41) is 3.03. The van der Waals surface area contributed by atoms with Crippen LogP contribution in [0.1, 0.15) is 28.8 Å². The lowest BCUT2D eigenvalue weighted by Gasteiger charge is -2.38. The van der Waals surface area contributed by atoms with Gasteiger partial charge in [0.05, 0.1) is 28.1 Å². The topological polar surface area (TPSA) is 78.5 Å². The zero-order valence-corrected chi connectivity index (χ0v) is 17.2. The number of nitrogens with zero attached hydrogens (tertiary/aromatic N) is 1. The molecule has 4 rings (SSSR count). The smallest absolute Gasteiger partial charge is 0.322 e. The molecule has 1 aliphatic heterocycles. The minimum absolute atomic E-state index is 0.0867. The van der Waals surface area contributed by atoms with Crippen LogP contribution < -0.4 is 15.8 Å².